The average molecular weight is 429 g/mol. The standard InChI is InChI=1S/C20H36O6S.Na.H/c1-3-5-7-9-11-13-15-20(19(23)24,17(18(21)22)27(25)26)16-14-12-10-8-6-4-2;;/h3-16H2,1-2H3,(H,21,22)(H,23,24);;/q;+1;-1. The van der Waals surface area contributed by atoms with Crippen LogP contribution in [-0.2, 0) is 19.9 Å². The largest absolute Gasteiger partial charge is 1.00 e. The van der Waals surface area contributed by atoms with Crippen molar-refractivity contribution in [1.82, 2.24) is 0 Å². The summed E-state index contributed by atoms with van der Waals surface area (Å²) in [4.78, 5) is 22.7. The van der Waals surface area contributed by atoms with Crippen molar-refractivity contribution >= 4 is 27.1 Å². The maximum Gasteiger partial charge on any atom is 1.00 e. The van der Waals surface area contributed by atoms with Gasteiger partial charge in [0.25, 0.3) is 0 Å². The second kappa shape index (κ2) is 17.5. The van der Waals surface area contributed by atoms with Gasteiger partial charge in [0.2, 0.25) is 10.3 Å². The fourth-order valence-corrected chi connectivity index (χ4v) is 4.27. The van der Waals surface area contributed by atoms with Crippen LogP contribution < -0.4 is 29.6 Å². The summed E-state index contributed by atoms with van der Waals surface area (Å²) >= 11 is 0. The Bertz CT molecular complexity index is 568. The molecule has 0 aliphatic heterocycles. The number of carboxylic acid groups (broad SMARTS) is 2. The van der Waals surface area contributed by atoms with Crippen molar-refractivity contribution in [3.63, 3.8) is 0 Å². The molecule has 0 radical (unpaired) electrons. The van der Waals surface area contributed by atoms with Gasteiger partial charge in [-0.3, -0.25) is 4.79 Å². The van der Waals surface area contributed by atoms with Gasteiger partial charge in [-0.15, -0.1) is 0 Å². The van der Waals surface area contributed by atoms with Crippen molar-refractivity contribution in [1.29, 1.82) is 0 Å². The molecular formula is C20H37NaO6S. The molecule has 0 rings (SSSR count). The average Bonchev–Trinajstić information content (AvgIpc) is 2.59. The minimum Gasteiger partial charge on any atom is -1.00 e. The fraction of sp³-hybridized carbons (Fsp3) is 0.850. The zero-order valence-electron chi connectivity index (χ0n) is 18.8. The van der Waals surface area contributed by atoms with Crippen molar-refractivity contribution in [2.24, 2.45) is 5.41 Å². The van der Waals surface area contributed by atoms with Crippen molar-refractivity contribution in [2.75, 3.05) is 0 Å². The van der Waals surface area contributed by atoms with E-state index in [1.54, 1.807) is 0 Å². The van der Waals surface area contributed by atoms with Crippen LogP contribution in [-0.4, -0.2) is 35.4 Å². The Morgan fingerprint density at radius 1 is 0.750 bits per heavy atom. The SMILES string of the molecule is CCCCCCCCC(CCCCCCCC)(C(=O)O)C(C(=O)O)=S(=O)=O.[H-].[Na+]. The first-order valence-electron chi connectivity index (χ1n) is 10.3. The molecule has 0 bridgehead atoms. The number of hydrogen-bond donors (Lipinski definition) is 2. The molecule has 0 saturated carbocycles. The molecule has 28 heavy (non-hydrogen) atoms. The summed E-state index contributed by atoms with van der Waals surface area (Å²) in [6, 6.07) is 0. The minimum atomic E-state index is -3.06. The van der Waals surface area contributed by atoms with E-state index in [0.717, 1.165) is 64.2 Å². The molecule has 6 nitrogen and oxygen atoms in total. The molecular weight excluding hydrogens is 391 g/mol. The number of unbranched alkanes of at least 4 members (excludes halogenated alkanes) is 10. The Morgan fingerprint density at radius 2 is 1.11 bits per heavy atom. The second-order valence-electron chi connectivity index (χ2n) is 7.29. The first-order chi connectivity index (χ1) is 12.8. The number of carbonyl (C=O) groups is 2. The molecule has 2 N–H and O–H groups in total. The Balaban J connectivity index is -0.00000338. The number of carboxylic acids is 2. The molecule has 0 aromatic heterocycles. The number of aliphatic carboxylic acids is 2. The molecule has 0 unspecified atom stereocenters. The van der Waals surface area contributed by atoms with Gasteiger partial charge in [0.05, 0.1) is 0 Å². The second-order valence-corrected chi connectivity index (χ2v) is 8.17. The molecule has 0 fully saturated rings. The topological polar surface area (TPSA) is 109 Å². The molecule has 0 aromatic carbocycles. The molecule has 8 heteroatoms. The van der Waals surface area contributed by atoms with Gasteiger partial charge in [-0.2, -0.15) is 8.42 Å². The van der Waals surface area contributed by atoms with Gasteiger partial charge in [0.15, 0.2) is 4.86 Å². The first kappa shape index (κ1) is 29.8. The van der Waals surface area contributed by atoms with Gasteiger partial charge < -0.3 is 11.6 Å². The summed E-state index contributed by atoms with van der Waals surface area (Å²) in [5.74, 6) is -2.99. The van der Waals surface area contributed by atoms with E-state index in [9.17, 15) is 28.2 Å². The Hall–Kier alpha value is -0.370. The van der Waals surface area contributed by atoms with Crippen molar-refractivity contribution < 1.29 is 59.2 Å². The van der Waals surface area contributed by atoms with E-state index in [1.807, 2.05) is 0 Å². The van der Waals surface area contributed by atoms with E-state index >= 15 is 0 Å². The van der Waals surface area contributed by atoms with Gasteiger partial charge in [0, 0.05) is 0 Å². The van der Waals surface area contributed by atoms with Gasteiger partial charge in [0.1, 0.15) is 5.41 Å². The van der Waals surface area contributed by atoms with E-state index in [4.69, 9.17) is 0 Å². The summed E-state index contributed by atoms with van der Waals surface area (Å²) in [6.07, 6.45) is 11.1. The summed E-state index contributed by atoms with van der Waals surface area (Å²) < 4.78 is 23.1. The zero-order valence-corrected chi connectivity index (χ0v) is 20.7. The molecule has 0 aromatic rings. The van der Waals surface area contributed by atoms with Gasteiger partial charge in [-0.05, 0) is 12.8 Å². The van der Waals surface area contributed by atoms with Crippen LogP contribution in [0.4, 0.5) is 0 Å². The Morgan fingerprint density at radius 3 is 1.39 bits per heavy atom. The third-order valence-corrected chi connectivity index (χ3v) is 6.02. The van der Waals surface area contributed by atoms with Crippen molar-refractivity contribution in [3.8, 4) is 0 Å². The van der Waals surface area contributed by atoms with Crippen LogP contribution >= 0.6 is 0 Å². The van der Waals surface area contributed by atoms with Crippen molar-refractivity contribution in [3.05, 3.63) is 0 Å². The molecule has 160 valence electrons. The van der Waals surface area contributed by atoms with E-state index in [1.165, 1.54) is 0 Å². The molecule has 0 aliphatic rings. The van der Waals surface area contributed by atoms with E-state index < -0.39 is 32.5 Å². The maximum atomic E-state index is 12.0. The third kappa shape index (κ3) is 11.0. The third-order valence-electron chi connectivity index (χ3n) is 5.12. The fourth-order valence-electron chi connectivity index (χ4n) is 3.51. The summed E-state index contributed by atoms with van der Waals surface area (Å²) in [5, 5.41) is 19.2. The molecule has 0 spiro atoms. The van der Waals surface area contributed by atoms with E-state index in [2.05, 4.69) is 13.8 Å². The van der Waals surface area contributed by atoms with Gasteiger partial charge in [-0.1, -0.05) is 90.9 Å². The Labute approximate surface area is 194 Å². The van der Waals surface area contributed by atoms with Crippen LogP contribution in [0.1, 0.15) is 105 Å². The molecule has 0 amide bonds. The molecule has 0 saturated heterocycles. The summed E-state index contributed by atoms with van der Waals surface area (Å²) in [7, 11) is -3.06. The van der Waals surface area contributed by atoms with Crippen LogP contribution in [0.2, 0.25) is 0 Å². The van der Waals surface area contributed by atoms with Crippen LogP contribution in [0, 0.1) is 5.41 Å². The van der Waals surface area contributed by atoms with E-state index in [-0.39, 0.29) is 43.8 Å². The Kier molecular flexibility index (Phi) is 18.6. The maximum absolute atomic E-state index is 12.0. The quantitative estimate of drug-likeness (QED) is 0.208. The first-order valence-corrected chi connectivity index (χ1v) is 11.3. The van der Waals surface area contributed by atoms with Crippen LogP contribution in [0.15, 0.2) is 0 Å². The smallest absolute Gasteiger partial charge is 1.00 e. The summed E-state index contributed by atoms with van der Waals surface area (Å²) in [5.41, 5.74) is -1.83. The van der Waals surface area contributed by atoms with Crippen LogP contribution in [0.3, 0.4) is 0 Å². The number of hydrogen-bond acceptors (Lipinski definition) is 4. The van der Waals surface area contributed by atoms with Crippen LogP contribution in [0.25, 0.3) is 0 Å². The minimum absolute atomic E-state index is 0. The predicted molar refractivity (Wildman–Crippen MR) is 109 cm³/mol. The van der Waals surface area contributed by atoms with Gasteiger partial charge in [-0.25, -0.2) is 4.79 Å². The van der Waals surface area contributed by atoms with Gasteiger partial charge >= 0.3 is 41.5 Å². The van der Waals surface area contributed by atoms with E-state index in [0.29, 0.717) is 12.8 Å². The van der Waals surface area contributed by atoms with Crippen molar-refractivity contribution in [2.45, 2.75) is 104 Å². The zero-order chi connectivity index (χ0) is 20.7. The molecule has 0 aliphatic carbocycles. The number of rotatable bonds is 17. The monoisotopic (exact) mass is 428 g/mol. The molecule has 0 atom stereocenters. The predicted octanol–water partition coefficient (Wildman–Crippen LogP) is 1.81. The summed E-state index contributed by atoms with van der Waals surface area (Å²) in [6.45, 7) is 4.21. The normalized spacial score (nSPS) is 10.9. The molecule has 0 heterocycles. The van der Waals surface area contributed by atoms with Crippen LogP contribution in [0.5, 0.6) is 0 Å².